The maximum absolute atomic E-state index is 12.1. The molecule has 0 spiro atoms. The van der Waals surface area contributed by atoms with Gasteiger partial charge in [0, 0.05) is 12.6 Å². The molecule has 18 heavy (non-hydrogen) atoms. The van der Waals surface area contributed by atoms with Crippen molar-refractivity contribution in [2.75, 3.05) is 13.1 Å². The second-order valence-electron chi connectivity index (χ2n) is 4.20. The number of benzene rings is 1. The zero-order valence-corrected chi connectivity index (χ0v) is 12.8. The van der Waals surface area contributed by atoms with Crippen molar-refractivity contribution in [1.29, 1.82) is 0 Å². The molecule has 1 aromatic rings. The Labute approximate surface area is 120 Å². The fourth-order valence-corrected chi connectivity index (χ4v) is 4.22. The number of nitrogens with one attached hydrogen (secondary N) is 2. The maximum atomic E-state index is 12.1. The third-order valence-electron chi connectivity index (χ3n) is 2.89. The highest BCUT2D eigenvalue weighted by Gasteiger charge is 2.21. The third-order valence-corrected chi connectivity index (χ3v) is 6.01. The summed E-state index contributed by atoms with van der Waals surface area (Å²) in [6.07, 6.45) is 2.09. The van der Waals surface area contributed by atoms with Gasteiger partial charge in [-0.3, -0.25) is 0 Å². The molecule has 1 atom stereocenters. The van der Waals surface area contributed by atoms with E-state index in [0.29, 0.717) is 16.0 Å². The molecule has 0 saturated carbocycles. The van der Waals surface area contributed by atoms with Gasteiger partial charge in [-0.15, -0.1) is 0 Å². The highest BCUT2D eigenvalue weighted by Crippen LogP contribution is 2.29. The molecule has 1 aliphatic rings. The molecule has 1 unspecified atom stereocenters. The second kappa shape index (κ2) is 5.88. The predicted octanol–water partition coefficient (Wildman–Crippen LogP) is 2.13. The fraction of sp³-hybridized carbons (Fsp3) is 0.455. The minimum absolute atomic E-state index is 0.174. The van der Waals surface area contributed by atoms with E-state index in [4.69, 9.17) is 11.6 Å². The summed E-state index contributed by atoms with van der Waals surface area (Å²) in [6, 6.07) is 5.01. The Bertz CT molecular complexity index is 530. The van der Waals surface area contributed by atoms with Gasteiger partial charge >= 0.3 is 0 Å². The van der Waals surface area contributed by atoms with E-state index in [2.05, 4.69) is 26.0 Å². The molecule has 1 heterocycles. The van der Waals surface area contributed by atoms with Crippen LogP contribution in [-0.4, -0.2) is 27.5 Å². The Morgan fingerprint density at radius 1 is 1.50 bits per heavy atom. The van der Waals surface area contributed by atoms with Gasteiger partial charge in [-0.1, -0.05) is 17.7 Å². The first-order chi connectivity index (χ1) is 8.50. The lowest BCUT2D eigenvalue weighted by atomic mass is 10.2. The molecule has 1 aliphatic heterocycles. The Balaban J connectivity index is 2.12. The van der Waals surface area contributed by atoms with Gasteiger partial charge in [0.15, 0.2) is 0 Å². The van der Waals surface area contributed by atoms with Crippen molar-refractivity contribution in [3.63, 3.8) is 0 Å². The first kappa shape index (κ1) is 14.3. The van der Waals surface area contributed by atoms with E-state index in [1.165, 1.54) is 6.07 Å². The van der Waals surface area contributed by atoms with E-state index >= 15 is 0 Å². The lowest BCUT2D eigenvalue weighted by molar-refractivity contribution is 0.551. The zero-order valence-electron chi connectivity index (χ0n) is 9.62. The molecule has 7 heteroatoms. The van der Waals surface area contributed by atoms with Crippen LogP contribution in [0.5, 0.6) is 0 Å². The number of hydrogen-bond donors (Lipinski definition) is 2. The number of rotatable bonds is 4. The summed E-state index contributed by atoms with van der Waals surface area (Å²) >= 11 is 9.10. The van der Waals surface area contributed by atoms with E-state index in [1.807, 2.05) is 0 Å². The van der Waals surface area contributed by atoms with Gasteiger partial charge in [0.1, 0.15) is 0 Å². The van der Waals surface area contributed by atoms with Gasteiger partial charge in [0.05, 0.1) is 14.4 Å². The van der Waals surface area contributed by atoms with Gasteiger partial charge in [-0.25, -0.2) is 13.1 Å². The van der Waals surface area contributed by atoms with Crippen molar-refractivity contribution >= 4 is 37.6 Å². The quantitative estimate of drug-likeness (QED) is 0.872. The molecule has 0 aromatic heterocycles. The second-order valence-corrected chi connectivity index (χ2v) is 7.13. The van der Waals surface area contributed by atoms with Crippen LogP contribution in [0, 0.1) is 0 Å². The van der Waals surface area contributed by atoms with Crippen molar-refractivity contribution in [3.8, 4) is 0 Å². The lowest BCUT2D eigenvalue weighted by Crippen LogP contribution is -2.37. The van der Waals surface area contributed by atoms with E-state index < -0.39 is 10.0 Å². The Morgan fingerprint density at radius 3 is 2.94 bits per heavy atom. The highest BCUT2D eigenvalue weighted by molar-refractivity contribution is 9.10. The van der Waals surface area contributed by atoms with Crippen molar-refractivity contribution < 1.29 is 8.42 Å². The smallest absolute Gasteiger partial charge is 0.241 e. The molecule has 100 valence electrons. The summed E-state index contributed by atoms with van der Waals surface area (Å²) in [4.78, 5) is 0.174. The summed E-state index contributed by atoms with van der Waals surface area (Å²) in [5, 5.41) is 3.63. The van der Waals surface area contributed by atoms with Crippen LogP contribution in [0.15, 0.2) is 27.6 Å². The molecular weight excluding hydrogens is 340 g/mol. The average molecular weight is 354 g/mol. The SMILES string of the molecule is O=S(=O)(NCC1CCCN1)c1cccc(Cl)c1Br. The summed E-state index contributed by atoms with van der Waals surface area (Å²) in [7, 11) is -3.52. The molecule has 0 amide bonds. The minimum atomic E-state index is -3.52. The summed E-state index contributed by atoms with van der Waals surface area (Å²) in [5.74, 6) is 0. The average Bonchev–Trinajstić information content (AvgIpc) is 2.83. The van der Waals surface area contributed by atoms with Crippen LogP contribution in [0.2, 0.25) is 5.02 Å². The van der Waals surface area contributed by atoms with Gasteiger partial charge in [0.2, 0.25) is 10.0 Å². The Morgan fingerprint density at radius 2 is 2.28 bits per heavy atom. The van der Waals surface area contributed by atoms with Crippen LogP contribution in [0.3, 0.4) is 0 Å². The Hall–Kier alpha value is -0.140. The van der Waals surface area contributed by atoms with Crippen LogP contribution < -0.4 is 10.0 Å². The highest BCUT2D eigenvalue weighted by atomic mass is 79.9. The number of halogens is 2. The van der Waals surface area contributed by atoms with Crippen LogP contribution >= 0.6 is 27.5 Å². The number of hydrogen-bond acceptors (Lipinski definition) is 3. The Kier molecular flexibility index (Phi) is 4.66. The van der Waals surface area contributed by atoms with E-state index in [-0.39, 0.29) is 10.9 Å². The maximum Gasteiger partial charge on any atom is 0.241 e. The monoisotopic (exact) mass is 352 g/mol. The molecule has 0 radical (unpaired) electrons. The standard InChI is InChI=1S/C11H14BrClN2O2S/c12-11-9(13)4-1-5-10(11)18(16,17)15-7-8-3-2-6-14-8/h1,4-5,8,14-15H,2-3,6-7H2. The van der Waals surface area contributed by atoms with Gasteiger partial charge in [0.25, 0.3) is 0 Å². The van der Waals surface area contributed by atoms with Crippen LogP contribution in [-0.2, 0) is 10.0 Å². The van der Waals surface area contributed by atoms with Crippen molar-refractivity contribution in [3.05, 3.63) is 27.7 Å². The molecular formula is C11H14BrClN2O2S. The van der Waals surface area contributed by atoms with Crippen molar-refractivity contribution in [2.45, 2.75) is 23.8 Å². The third kappa shape index (κ3) is 3.24. The summed E-state index contributed by atoms with van der Waals surface area (Å²) in [6.45, 7) is 1.36. The topological polar surface area (TPSA) is 58.2 Å². The van der Waals surface area contributed by atoms with E-state index in [9.17, 15) is 8.42 Å². The first-order valence-electron chi connectivity index (χ1n) is 5.68. The lowest BCUT2D eigenvalue weighted by Gasteiger charge is -2.13. The minimum Gasteiger partial charge on any atom is -0.313 e. The molecule has 1 fully saturated rings. The molecule has 0 aliphatic carbocycles. The number of sulfonamides is 1. The van der Waals surface area contributed by atoms with Crippen molar-refractivity contribution in [1.82, 2.24) is 10.0 Å². The molecule has 4 nitrogen and oxygen atoms in total. The molecule has 1 aromatic carbocycles. The van der Waals surface area contributed by atoms with Crippen LogP contribution in [0.4, 0.5) is 0 Å². The van der Waals surface area contributed by atoms with Crippen LogP contribution in [0.1, 0.15) is 12.8 Å². The van der Waals surface area contributed by atoms with Crippen LogP contribution in [0.25, 0.3) is 0 Å². The molecule has 2 N–H and O–H groups in total. The van der Waals surface area contributed by atoms with Gasteiger partial charge in [-0.05, 0) is 47.4 Å². The largest absolute Gasteiger partial charge is 0.313 e. The predicted molar refractivity (Wildman–Crippen MR) is 75.4 cm³/mol. The van der Waals surface area contributed by atoms with Gasteiger partial charge < -0.3 is 5.32 Å². The normalized spacial score (nSPS) is 20.2. The molecule has 1 saturated heterocycles. The summed E-state index contributed by atoms with van der Waals surface area (Å²) < 4.78 is 27.3. The zero-order chi connectivity index (χ0) is 13.2. The van der Waals surface area contributed by atoms with E-state index in [0.717, 1.165) is 19.4 Å². The van der Waals surface area contributed by atoms with Gasteiger partial charge in [-0.2, -0.15) is 0 Å². The fourth-order valence-electron chi connectivity index (χ4n) is 1.91. The molecule has 2 rings (SSSR count). The summed E-state index contributed by atoms with van der Waals surface area (Å²) in [5.41, 5.74) is 0. The molecule has 0 bridgehead atoms. The first-order valence-corrected chi connectivity index (χ1v) is 8.33. The van der Waals surface area contributed by atoms with Crippen molar-refractivity contribution in [2.24, 2.45) is 0 Å². The van der Waals surface area contributed by atoms with E-state index in [1.54, 1.807) is 12.1 Å².